The summed E-state index contributed by atoms with van der Waals surface area (Å²) in [5.41, 5.74) is 4.74. The van der Waals surface area contributed by atoms with Crippen molar-refractivity contribution in [3.05, 3.63) is 188 Å². The lowest BCUT2D eigenvalue weighted by atomic mass is 9.92. The fourth-order valence-corrected chi connectivity index (χ4v) is 8.21. The minimum Gasteiger partial charge on any atom is -0.310 e. The van der Waals surface area contributed by atoms with Crippen LogP contribution in [0, 0.1) is 0 Å². The zero-order valence-electron chi connectivity index (χ0n) is 34.6. The minimum absolute atomic E-state index is 0.0229. The van der Waals surface area contributed by atoms with Crippen molar-refractivity contribution in [2.45, 2.75) is 0 Å². The fourth-order valence-electron chi connectivity index (χ4n) is 7.09. The van der Waals surface area contributed by atoms with Crippen LogP contribution in [0.15, 0.2) is 188 Å². The van der Waals surface area contributed by atoms with Gasteiger partial charge in [0, 0.05) is 37.2 Å². The Balaban J connectivity index is 1.31. The SMILES string of the molecule is [2H]c1c(N(c2ccccc2)c2ccc(-c3cccc4ccccc34)cc2)c([2H])c2c(sc3c4c([2H])c([2H])c([2H])c([2H])c4c([2H])c(-c4cccc5ccccc45)c32)c1[2H]. The van der Waals surface area contributed by atoms with Crippen molar-refractivity contribution in [1.82, 2.24) is 0 Å². The van der Waals surface area contributed by atoms with E-state index in [2.05, 4.69) is 24.3 Å². The van der Waals surface area contributed by atoms with E-state index in [9.17, 15) is 5.48 Å². The fraction of sp³-hybridized carbons (Fsp3) is 0. The van der Waals surface area contributed by atoms with E-state index in [1.165, 1.54) is 0 Å². The van der Waals surface area contributed by atoms with E-state index in [1.54, 1.807) is 0 Å². The lowest BCUT2D eigenvalue weighted by Gasteiger charge is -2.26. The summed E-state index contributed by atoms with van der Waals surface area (Å²) < 4.78 is 75.0. The summed E-state index contributed by atoms with van der Waals surface area (Å²) in [6.07, 6.45) is 0. The van der Waals surface area contributed by atoms with Crippen LogP contribution in [0.4, 0.5) is 17.1 Å². The van der Waals surface area contributed by atoms with Crippen molar-refractivity contribution in [3.63, 3.8) is 0 Å². The van der Waals surface area contributed by atoms with Gasteiger partial charge in [-0.1, -0.05) is 139 Å². The van der Waals surface area contributed by atoms with Crippen molar-refractivity contribution in [2.24, 2.45) is 0 Å². The summed E-state index contributed by atoms with van der Waals surface area (Å²) in [7, 11) is 0. The Hall–Kier alpha value is -6.22. The minimum atomic E-state index is -0.432. The van der Waals surface area contributed by atoms with Gasteiger partial charge in [0.05, 0.1) is 11.0 Å². The number of fused-ring (bicyclic) bond motifs is 7. The molecule has 0 aliphatic rings. The Morgan fingerprint density at radius 3 is 1.84 bits per heavy atom. The highest BCUT2D eigenvalue weighted by Gasteiger charge is 2.19. The van der Waals surface area contributed by atoms with E-state index in [-0.39, 0.29) is 52.7 Å². The van der Waals surface area contributed by atoms with Crippen LogP contribution in [0.1, 0.15) is 11.0 Å². The lowest BCUT2D eigenvalue weighted by Crippen LogP contribution is -2.09. The van der Waals surface area contributed by atoms with Gasteiger partial charge in [0.1, 0.15) is 0 Å². The number of rotatable bonds is 5. The second-order valence-corrected chi connectivity index (χ2v) is 13.3. The zero-order chi connectivity index (χ0) is 40.0. The molecule has 0 aliphatic heterocycles. The number of anilines is 3. The van der Waals surface area contributed by atoms with E-state index in [1.807, 2.05) is 120 Å². The van der Waals surface area contributed by atoms with Gasteiger partial charge in [0.15, 0.2) is 0 Å². The summed E-state index contributed by atoms with van der Waals surface area (Å²) in [6, 6.07) is 43.7. The molecule has 0 saturated heterocycles. The van der Waals surface area contributed by atoms with Gasteiger partial charge in [-0.05, 0) is 103 Å². The molecule has 234 valence electrons. The molecule has 50 heavy (non-hydrogen) atoms. The van der Waals surface area contributed by atoms with Crippen LogP contribution in [0.3, 0.4) is 0 Å². The van der Waals surface area contributed by atoms with Crippen LogP contribution in [-0.4, -0.2) is 0 Å². The van der Waals surface area contributed by atoms with Crippen LogP contribution >= 0.6 is 11.3 Å². The molecule has 1 nitrogen and oxygen atoms in total. The first-order valence-corrected chi connectivity index (χ1v) is 17.3. The van der Waals surface area contributed by atoms with Gasteiger partial charge in [0.25, 0.3) is 0 Å². The number of hydrogen-bond donors (Lipinski definition) is 0. The van der Waals surface area contributed by atoms with Crippen molar-refractivity contribution in [2.75, 3.05) is 4.90 Å². The summed E-state index contributed by atoms with van der Waals surface area (Å²) in [5, 5.41) is 5.09. The quantitative estimate of drug-likeness (QED) is 0.177. The molecular formula is C48H31NS. The molecule has 1 heterocycles. The smallest absolute Gasteiger partial charge is 0.0652 e. The van der Waals surface area contributed by atoms with E-state index < -0.39 is 12.1 Å². The van der Waals surface area contributed by atoms with E-state index in [4.69, 9.17) is 5.48 Å². The van der Waals surface area contributed by atoms with Gasteiger partial charge in [-0.25, -0.2) is 0 Å². The molecule has 2 heteroatoms. The number of hydrogen-bond acceptors (Lipinski definition) is 2. The molecular weight excluding hydrogens is 623 g/mol. The third-order valence-corrected chi connectivity index (χ3v) is 10.5. The topological polar surface area (TPSA) is 3.24 Å². The molecule has 9 aromatic carbocycles. The number of benzene rings is 9. The Labute approximate surface area is 306 Å². The van der Waals surface area contributed by atoms with Crippen LogP contribution < -0.4 is 4.90 Å². The molecule has 0 N–H and O–H groups in total. The van der Waals surface area contributed by atoms with Crippen LogP contribution in [-0.2, 0) is 0 Å². The Bertz CT molecular complexity index is 3310. The van der Waals surface area contributed by atoms with Gasteiger partial charge in [0.2, 0.25) is 0 Å². The Morgan fingerprint density at radius 1 is 0.420 bits per heavy atom. The third-order valence-electron chi connectivity index (χ3n) is 9.38. The van der Waals surface area contributed by atoms with Crippen molar-refractivity contribution in [3.8, 4) is 22.3 Å². The average molecular weight is 662 g/mol. The maximum Gasteiger partial charge on any atom is 0.0652 e. The first-order valence-electron chi connectivity index (χ1n) is 20.5. The molecule has 0 amide bonds. The lowest BCUT2D eigenvalue weighted by molar-refractivity contribution is 1.29. The molecule has 0 aliphatic carbocycles. The largest absolute Gasteiger partial charge is 0.310 e. The Kier molecular flexibility index (Phi) is 5.09. The molecule has 0 atom stereocenters. The zero-order valence-corrected chi connectivity index (χ0v) is 27.5. The van der Waals surface area contributed by atoms with Crippen molar-refractivity contribution in [1.29, 1.82) is 0 Å². The molecule has 0 radical (unpaired) electrons. The summed E-state index contributed by atoms with van der Waals surface area (Å²) in [5.74, 6) is 0. The maximum absolute atomic E-state index is 10.1. The summed E-state index contributed by atoms with van der Waals surface area (Å²) >= 11 is 1.14. The highest BCUT2D eigenvalue weighted by Crippen LogP contribution is 2.47. The van der Waals surface area contributed by atoms with Gasteiger partial charge < -0.3 is 4.90 Å². The number of thiophene rings is 1. The monoisotopic (exact) mass is 661 g/mol. The molecule has 0 fully saturated rings. The van der Waals surface area contributed by atoms with Crippen molar-refractivity contribution < 1.29 is 11.0 Å². The molecule has 0 bridgehead atoms. The van der Waals surface area contributed by atoms with Gasteiger partial charge in [-0.3, -0.25) is 0 Å². The van der Waals surface area contributed by atoms with E-state index in [0.29, 0.717) is 42.7 Å². The Morgan fingerprint density at radius 2 is 1.06 bits per heavy atom. The van der Waals surface area contributed by atoms with Gasteiger partial charge in [-0.15, -0.1) is 11.3 Å². The summed E-state index contributed by atoms with van der Waals surface area (Å²) in [4.78, 5) is 1.84. The van der Waals surface area contributed by atoms with E-state index >= 15 is 0 Å². The second kappa shape index (κ2) is 11.7. The maximum atomic E-state index is 10.1. The molecule has 10 rings (SSSR count). The molecule has 0 saturated carbocycles. The van der Waals surface area contributed by atoms with E-state index in [0.717, 1.165) is 44.0 Å². The molecule has 0 unspecified atom stereocenters. The van der Waals surface area contributed by atoms with Crippen LogP contribution in [0.2, 0.25) is 0 Å². The van der Waals surface area contributed by atoms with Crippen LogP contribution in [0.5, 0.6) is 0 Å². The first kappa shape index (κ1) is 21.7. The predicted octanol–water partition coefficient (Wildman–Crippen LogP) is 14.3. The van der Waals surface area contributed by atoms with Crippen LogP contribution in [0.25, 0.3) is 74.7 Å². The highest BCUT2D eigenvalue weighted by atomic mass is 32.1. The second-order valence-electron chi connectivity index (χ2n) is 12.3. The summed E-state index contributed by atoms with van der Waals surface area (Å²) in [6.45, 7) is 0. The van der Waals surface area contributed by atoms with Gasteiger partial charge >= 0.3 is 0 Å². The molecule has 10 aromatic rings. The van der Waals surface area contributed by atoms with Crippen molar-refractivity contribution >= 4 is 80.9 Å². The molecule has 1 aromatic heterocycles. The predicted molar refractivity (Wildman–Crippen MR) is 217 cm³/mol. The normalized spacial score (nSPS) is 13.8. The average Bonchev–Trinajstić information content (AvgIpc) is 3.66. The number of nitrogens with zero attached hydrogens (tertiary/aromatic N) is 1. The molecule has 0 spiro atoms. The first-order chi connectivity index (χ1) is 28.2. The standard InChI is InChI=1S/C48H31NS/c1-2-17-36(18-3-1)49(37-26-24-34(25-27-37)40-22-10-15-32-12-4-7-19-39(32)40)38-28-29-46-45(31-38)47-44(30-35-14-6-9-21-42(35)48(47)50-46)43-23-11-16-33-13-5-8-20-41(33)43/h1-31H/i6D,9D,14D,21D,28D,29D,30D,31D. The highest BCUT2D eigenvalue weighted by molar-refractivity contribution is 7.26. The number of para-hydroxylation sites is 1. The third kappa shape index (κ3) is 4.69. The van der Waals surface area contributed by atoms with Gasteiger partial charge in [-0.2, -0.15) is 0 Å².